The van der Waals surface area contributed by atoms with Gasteiger partial charge in [0.25, 0.3) is 0 Å². The van der Waals surface area contributed by atoms with Crippen molar-refractivity contribution in [3.8, 4) is 0 Å². The molecule has 0 radical (unpaired) electrons. The molecular formula is C13H20F3N3S. The molecule has 1 N–H and O–H groups in total. The van der Waals surface area contributed by atoms with Crippen molar-refractivity contribution in [2.24, 2.45) is 0 Å². The Bertz CT molecular complexity index is 427. The summed E-state index contributed by atoms with van der Waals surface area (Å²) < 4.78 is 37.6. The molecule has 0 bridgehead atoms. The van der Waals surface area contributed by atoms with Crippen LogP contribution in [-0.2, 0) is 13.1 Å². The number of alkyl halides is 3. The Balaban J connectivity index is 1.88. The van der Waals surface area contributed by atoms with Crippen LogP contribution in [0.3, 0.4) is 0 Å². The number of hydrogen-bond donors (Lipinski definition) is 1. The second kappa shape index (κ2) is 6.41. The fourth-order valence-corrected chi connectivity index (χ4v) is 2.62. The quantitative estimate of drug-likeness (QED) is 0.838. The van der Waals surface area contributed by atoms with Gasteiger partial charge in [0.2, 0.25) is 0 Å². The molecule has 0 aromatic carbocycles. The van der Waals surface area contributed by atoms with E-state index in [1.54, 1.807) is 13.8 Å². The minimum Gasteiger partial charge on any atom is -0.308 e. The minimum atomic E-state index is -4.17. The van der Waals surface area contributed by atoms with E-state index in [4.69, 9.17) is 0 Å². The van der Waals surface area contributed by atoms with Crippen LogP contribution in [0.2, 0.25) is 0 Å². The van der Waals surface area contributed by atoms with E-state index in [1.165, 1.54) is 29.1 Å². The SMILES string of the molecule is CC(C)N(Cc1csc(CNC2CC2)n1)CC(F)(F)F. The molecule has 114 valence electrons. The van der Waals surface area contributed by atoms with Gasteiger partial charge in [-0.1, -0.05) is 0 Å². The molecule has 1 aliphatic carbocycles. The molecule has 1 saturated carbocycles. The molecule has 7 heteroatoms. The molecule has 1 heterocycles. The number of aromatic nitrogens is 1. The molecule has 0 spiro atoms. The highest BCUT2D eigenvalue weighted by Gasteiger charge is 2.32. The second-order valence-electron chi connectivity index (χ2n) is 5.50. The fourth-order valence-electron chi connectivity index (χ4n) is 1.88. The largest absolute Gasteiger partial charge is 0.401 e. The van der Waals surface area contributed by atoms with Crippen LogP contribution in [0.5, 0.6) is 0 Å². The first-order chi connectivity index (χ1) is 9.33. The van der Waals surface area contributed by atoms with Crippen LogP contribution >= 0.6 is 11.3 Å². The van der Waals surface area contributed by atoms with E-state index in [0.29, 0.717) is 6.04 Å². The van der Waals surface area contributed by atoms with E-state index in [0.717, 1.165) is 17.2 Å². The number of hydrogen-bond acceptors (Lipinski definition) is 4. The van der Waals surface area contributed by atoms with Crippen LogP contribution in [0.1, 0.15) is 37.4 Å². The summed E-state index contributed by atoms with van der Waals surface area (Å²) in [4.78, 5) is 5.81. The molecule has 1 aromatic heterocycles. The zero-order valence-electron chi connectivity index (χ0n) is 11.7. The van der Waals surface area contributed by atoms with Crippen molar-refractivity contribution in [3.63, 3.8) is 0 Å². The molecule has 1 fully saturated rings. The van der Waals surface area contributed by atoms with Crippen LogP contribution in [0.25, 0.3) is 0 Å². The number of rotatable bonds is 7. The van der Waals surface area contributed by atoms with Crippen LogP contribution < -0.4 is 5.32 Å². The van der Waals surface area contributed by atoms with Gasteiger partial charge < -0.3 is 5.32 Å². The lowest BCUT2D eigenvalue weighted by atomic mass is 10.3. The smallest absolute Gasteiger partial charge is 0.308 e. The fraction of sp³-hybridized carbons (Fsp3) is 0.769. The van der Waals surface area contributed by atoms with E-state index < -0.39 is 12.7 Å². The van der Waals surface area contributed by atoms with Gasteiger partial charge in [0.15, 0.2) is 0 Å². The molecule has 3 nitrogen and oxygen atoms in total. The summed E-state index contributed by atoms with van der Waals surface area (Å²) in [7, 11) is 0. The maximum Gasteiger partial charge on any atom is 0.401 e. The third kappa shape index (κ3) is 5.38. The first-order valence-corrected chi connectivity index (χ1v) is 7.69. The van der Waals surface area contributed by atoms with Crippen molar-refractivity contribution in [3.05, 3.63) is 16.1 Å². The molecule has 1 aliphatic rings. The van der Waals surface area contributed by atoms with Gasteiger partial charge in [0, 0.05) is 30.6 Å². The highest BCUT2D eigenvalue weighted by atomic mass is 32.1. The van der Waals surface area contributed by atoms with Crippen molar-refractivity contribution in [2.75, 3.05) is 6.54 Å². The normalized spacial score (nSPS) is 16.4. The molecule has 2 rings (SSSR count). The van der Waals surface area contributed by atoms with Crippen LogP contribution in [0.15, 0.2) is 5.38 Å². The average Bonchev–Trinajstić information content (AvgIpc) is 3.04. The van der Waals surface area contributed by atoms with Gasteiger partial charge in [-0.3, -0.25) is 4.90 Å². The molecular weight excluding hydrogens is 287 g/mol. The van der Waals surface area contributed by atoms with Gasteiger partial charge in [0.05, 0.1) is 12.2 Å². The topological polar surface area (TPSA) is 28.2 Å². The lowest BCUT2D eigenvalue weighted by Gasteiger charge is -2.26. The first kappa shape index (κ1) is 15.7. The zero-order valence-corrected chi connectivity index (χ0v) is 12.5. The Kier molecular flexibility index (Phi) is 5.04. The molecule has 0 amide bonds. The Morgan fingerprint density at radius 3 is 2.70 bits per heavy atom. The van der Waals surface area contributed by atoms with Crippen molar-refractivity contribution in [1.29, 1.82) is 0 Å². The highest BCUT2D eigenvalue weighted by Crippen LogP contribution is 2.22. The van der Waals surface area contributed by atoms with Gasteiger partial charge in [-0.05, 0) is 26.7 Å². The van der Waals surface area contributed by atoms with E-state index in [1.807, 2.05) is 5.38 Å². The Morgan fingerprint density at radius 1 is 1.45 bits per heavy atom. The maximum absolute atomic E-state index is 12.5. The van der Waals surface area contributed by atoms with Crippen molar-refractivity contribution < 1.29 is 13.2 Å². The molecule has 0 aliphatic heterocycles. The highest BCUT2D eigenvalue weighted by molar-refractivity contribution is 7.09. The molecule has 1 aromatic rings. The Hall–Kier alpha value is -0.660. The van der Waals surface area contributed by atoms with Gasteiger partial charge >= 0.3 is 6.18 Å². The number of halogens is 3. The third-order valence-corrected chi connectivity index (χ3v) is 4.09. The summed E-state index contributed by atoms with van der Waals surface area (Å²) in [5.74, 6) is 0. The maximum atomic E-state index is 12.5. The number of nitrogens with zero attached hydrogens (tertiary/aromatic N) is 2. The van der Waals surface area contributed by atoms with Crippen molar-refractivity contribution in [1.82, 2.24) is 15.2 Å². The second-order valence-corrected chi connectivity index (χ2v) is 6.44. The average molecular weight is 307 g/mol. The minimum absolute atomic E-state index is 0.161. The van der Waals surface area contributed by atoms with E-state index in [9.17, 15) is 13.2 Å². The predicted octanol–water partition coefficient (Wildman–Crippen LogP) is 3.17. The molecule has 0 atom stereocenters. The monoisotopic (exact) mass is 307 g/mol. The zero-order chi connectivity index (χ0) is 14.8. The number of nitrogens with one attached hydrogen (secondary N) is 1. The Labute approximate surface area is 121 Å². The summed E-state index contributed by atoms with van der Waals surface area (Å²) in [5.41, 5.74) is 0.723. The van der Waals surface area contributed by atoms with Crippen LogP contribution in [-0.4, -0.2) is 34.7 Å². The lowest BCUT2D eigenvalue weighted by molar-refractivity contribution is -0.151. The van der Waals surface area contributed by atoms with Crippen molar-refractivity contribution >= 4 is 11.3 Å². The van der Waals surface area contributed by atoms with Gasteiger partial charge in [-0.15, -0.1) is 11.3 Å². The van der Waals surface area contributed by atoms with E-state index in [2.05, 4.69) is 10.3 Å². The van der Waals surface area contributed by atoms with Gasteiger partial charge in [-0.2, -0.15) is 13.2 Å². The number of thiazole rings is 1. The van der Waals surface area contributed by atoms with E-state index in [-0.39, 0.29) is 12.6 Å². The lowest BCUT2D eigenvalue weighted by Crippen LogP contribution is -2.38. The van der Waals surface area contributed by atoms with Crippen LogP contribution in [0.4, 0.5) is 13.2 Å². The molecule has 0 saturated heterocycles. The summed E-state index contributed by atoms with van der Waals surface area (Å²) in [6.07, 6.45) is -1.74. The van der Waals surface area contributed by atoms with Crippen LogP contribution in [0, 0.1) is 0 Å². The molecule has 20 heavy (non-hydrogen) atoms. The van der Waals surface area contributed by atoms with Gasteiger partial charge in [-0.25, -0.2) is 4.98 Å². The Morgan fingerprint density at radius 2 is 2.15 bits per heavy atom. The standard InChI is InChI=1S/C13H20F3N3S/c1-9(2)19(8-13(14,15)16)6-11-7-20-12(18-11)5-17-10-3-4-10/h7,9-10,17H,3-6,8H2,1-2H3. The molecule has 0 unspecified atom stereocenters. The third-order valence-electron chi connectivity index (χ3n) is 3.20. The predicted molar refractivity (Wildman–Crippen MR) is 73.6 cm³/mol. The van der Waals surface area contributed by atoms with Crippen molar-refractivity contribution in [2.45, 2.75) is 58.0 Å². The van der Waals surface area contributed by atoms with Gasteiger partial charge in [0.1, 0.15) is 5.01 Å². The van der Waals surface area contributed by atoms with E-state index >= 15 is 0 Å². The summed E-state index contributed by atoms with van der Waals surface area (Å²) in [5, 5.41) is 6.16. The summed E-state index contributed by atoms with van der Waals surface area (Å²) in [6, 6.07) is 0.450. The summed E-state index contributed by atoms with van der Waals surface area (Å²) >= 11 is 1.51. The summed E-state index contributed by atoms with van der Waals surface area (Å²) in [6.45, 7) is 3.62. The first-order valence-electron chi connectivity index (χ1n) is 6.81.